The molecule has 4 heteroatoms. The quantitative estimate of drug-likeness (QED) is 0.744. The Hall–Kier alpha value is -0.960. The second-order valence-corrected chi connectivity index (χ2v) is 4.47. The maximum absolute atomic E-state index is 11.8. The van der Waals surface area contributed by atoms with Crippen LogP contribution in [0, 0.1) is 6.92 Å². The van der Waals surface area contributed by atoms with E-state index in [9.17, 15) is 4.79 Å². The summed E-state index contributed by atoms with van der Waals surface area (Å²) in [6.45, 7) is 4.41. The van der Waals surface area contributed by atoms with E-state index in [-0.39, 0.29) is 11.3 Å². The lowest BCUT2D eigenvalue weighted by atomic mass is 10.2. The highest BCUT2D eigenvalue weighted by molar-refractivity contribution is 6.20. The minimum absolute atomic E-state index is 0.0814. The summed E-state index contributed by atoms with van der Waals surface area (Å²) in [7, 11) is 1.75. The predicted molar refractivity (Wildman–Crippen MR) is 60.3 cm³/mol. The molecule has 1 aromatic rings. The number of nitrogens with zero attached hydrogens (tertiary/aromatic N) is 1. The first-order chi connectivity index (χ1) is 7.02. The molecule has 1 unspecified atom stereocenters. The van der Waals surface area contributed by atoms with Crippen LogP contribution >= 0.6 is 11.6 Å². The van der Waals surface area contributed by atoms with Crippen LogP contribution in [0.4, 0.5) is 0 Å². The van der Waals surface area contributed by atoms with Gasteiger partial charge in [0.05, 0.1) is 6.26 Å². The van der Waals surface area contributed by atoms with Crippen molar-refractivity contribution in [3.63, 3.8) is 0 Å². The van der Waals surface area contributed by atoms with Crippen molar-refractivity contribution in [2.24, 2.45) is 0 Å². The molecule has 0 N–H and O–H groups in total. The molecule has 0 saturated heterocycles. The van der Waals surface area contributed by atoms with Crippen LogP contribution in [-0.2, 0) is 0 Å². The average Bonchev–Trinajstić information content (AvgIpc) is 2.59. The lowest BCUT2D eigenvalue weighted by Crippen LogP contribution is -2.28. The first kappa shape index (κ1) is 12.1. The van der Waals surface area contributed by atoms with E-state index < -0.39 is 0 Å². The Morgan fingerprint density at radius 2 is 2.33 bits per heavy atom. The zero-order chi connectivity index (χ0) is 11.4. The van der Waals surface area contributed by atoms with Crippen molar-refractivity contribution in [1.29, 1.82) is 0 Å². The van der Waals surface area contributed by atoms with Gasteiger partial charge in [-0.2, -0.15) is 0 Å². The SMILES string of the molecule is Cc1ccoc1C(=O)N(C)CCC(C)Cl. The molecule has 0 bridgehead atoms. The second-order valence-electron chi connectivity index (χ2n) is 3.73. The van der Waals surface area contributed by atoms with Gasteiger partial charge >= 0.3 is 0 Å². The highest BCUT2D eigenvalue weighted by Crippen LogP contribution is 2.12. The molecule has 1 amide bonds. The zero-order valence-corrected chi connectivity index (χ0v) is 10.0. The number of rotatable bonds is 4. The van der Waals surface area contributed by atoms with Gasteiger partial charge < -0.3 is 9.32 Å². The molecule has 0 spiro atoms. The van der Waals surface area contributed by atoms with Crippen LogP contribution in [0.15, 0.2) is 16.7 Å². The first-order valence-corrected chi connectivity index (χ1v) is 5.39. The Morgan fingerprint density at radius 1 is 1.67 bits per heavy atom. The number of alkyl halides is 1. The monoisotopic (exact) mass is 229 g/mol. The number of aryl methyl sites for hydroxylation is 1. The molecule has 1 rings (SSSR count). The van der Waals surface area contributed by atoms with E-state index in [0.717, 1.165) is 12.0 Å². The molecule has 3 nitrogen and oxygen atoms in total. The van der Waals surface area contributed by atoms with Crippen LogP contribution in [-0.4, -0.2) is 29.8 Å². The van der Waals surface area contributed by atoms with E-state index in [4.69, 9.17) is 16.0 Å². The third-order valence-electron chi connectivity index (χ3n) is 2.27. The first-order valence-electron chi connectivity index (χ1n) is 4.96. The van der Waals surface area contributed by atoms with Crippen LogP contribution in [0.5, 0.6) is 0 Å². The van der Waals surface area contributed by atoms with Crippen molar-refractivity contribution in [2.75, 3.05) is 13.6 Å². The highest BCUT2D eigenvalue weighted by Gasteiger charge is 2.17. The number of hydrogen-bond donors (Lipinski definition) is 0. The molecule has 15 heavy (non-hydrogen) atoms. The summed E-state index contributed by atoms with van der Waals surface area (Å²) in [6.07, 6.45) is 2.31. The lowest BCUT2D eigenvalue weighted by molar-refractivity contribution is 0.0761. The molecule has 0 radical (unpaired) electrons. The van der Waals surface area contributed by atoms with Gasteiger partial charge in [0.2, 0.25) is 0 Å². The van der Waals surface area contributed by atoms with E-state index >= 15 is 0 Å². The van der Waals surface area contributed by atoms with Crippen molar-refractivity contribution < 1.29 is 9.21 Å². The fourth-order valence-electron chi connectivity index (χ4n) is 1.24. The van der Waals surface area contributed by atoms with Crippen LogP contribution < -0.4 is 0 Å². The Kier molecular flexibility index (Phi) is 4.21. The number of halogens is 1. The molecule has 0 aliphatic carbocycles. The molecule has 0 aliphatic rings. The molecular formula is C11H16ClNO2. The van der Waals surface area contributed by atoms with Crippen molar-refractivity contribution in [1.82, 2.24) is 4.90 Å². The summed E-state index contributed by atoms with van der Waals surface area (Å²) in [6, 6.07) is 1.78. The Morgan fingerprint density at radius 3 is 2.80 bits per heavy atom. The van der Waals surface area contributed by atoms with E-state index in [0.29, 0.717) is 12.3 Å². The number of carbonyl (C=O) groups is 1. The molecule has 84 valence electrons. The number of hydrogen-bond acceptors (Lipinski definition) is 2. The fourth-order valence-corrected chi connectivity index (χ4v) is 1.34. The normalized spacial score (nSPS) is 12.5. The molecule has 0 saturated carbocycles. The van der Waals surface area contributed by atoms with Gasteiger partial charge in [-0.3, -0.25) is 4.79 Å². The summed E-state index contributed by atoms with van der Waals surface area (Å²) in [5, 5.41) is 0.0814. The second kappa shape index (κ2) is 5.21. The van der Waals surface area contributed by atoms with Crippen molar-refractivity contribution in [3.05, 3.63) is 23.7 Å². The van der Waals surface area contributed by atoms with Gasteiger partial charge in [-0.25, -0.2) is 0 Å². The van der Waals surface area contributed by atoms with Crippen molar-refractivity contribution >= 4 is 17.5 Å². The Labute approximate surface area is 95.0 Å². The minimum atomic E-state index is -0.0881. The van der Waals surface area contributed by atoms with E-state index in [1.807, 2.05) is 13.8 Å². The van der Waals surface area contributed by atoms with Gasteiger partial charge in [0.1, 0.15) is 0 Å². The smallest absolute Gasteiger partial charge is 0.289 e. The van der Waals surface area contributed by atoms with Crippen LogP contribution in [0.1, 0.15) is 29.5 Å². The van der Waals surface area contributed by atoms with Gasteiger partial charge in [-0.1, -0.05) is 0 Å². The van der Waals surface area contributed by atoms with Crippen molar-refractivity contribution in [3.8, 4) is 0 Å². The average molecular weight is 230 g/mol. The summed E-state index contributed by atoms with van der Waals surface area (Å²) >= 11 is 5.82. The Bertz CT molecular complexity index is 333. The molecular weight excluding hydrogens is 214 g/mol. The number of amides is 1. The predicted octanol–water partition coefficient (Wildman–Crippen LogP) is 2.68. The zero-order valence-electron chi connectivity index (χ0n) is 9.29. The standard InChI is InChI=1S/C11H16ClNO2/c1-8-5-7-15-10(8)11(14)13(3)6-4-9(2)12/h5,7,9H,4,6H2,1-3H3. The molecule has 0 aromatic carbocycles. The van der Waals surface area contributed by atoms with Gasteiger partial charge in [0.15, 0.2) is 5.76 Å². The molecule has 1 aromatic heterocycles. The molecule has 0 aliphatic heterocycles. The van der Waals surface area contributed by atoms with Gasteiger partial charge in [0.25, 0.3) is 5.91 Å². The minimum Gasteiger partial charge on any atom is -0.459 e. The fraction of sp³-hybridized carbons (Fsp3) is 0.545. The molecule has 0 fully saturated rings. The summed E-state index contributed by atoms with van der Waals surface area (Å²) in [5.74, 6) is 0.328. The van der Waals surface area contributed by atoms with Gasteiger partial charge in [-0.15, -0.1) is 11.6 Å². The van der Waals surface area contributed by atoms with E-state index in [1.54, 1.807) is 18.0 Å². The maximum atomic E-state index is 11.8. The summed E-state index contributed by atoms with van der Waals surface area (Å²) in [4.78, 5) is 13.5. The van der Waals surface area contributed by atoms with Crippen molar-refractivity contribution in [2.45, 2.75) is 25.6 Å². The number of carbonyl (C=O) groups excluding carboxylic acids is 1. The Balaban J connectivity index is 2.57. The molecule has 1 heterocycles. The van der Waals surface area contributed by atoms with E-state index in [1.165, 1.54) is 6.26 Å². The third-order valence-corrected chi connectivity index (χ3v) is 2.48. The highest BCUT2D eigenvalue weighted by atomic mass is 35.5. The van der Waals surface area contributed by atoms with Crippen LogP contribution in [0.2, 0.25) is 0 Å². The summed E-state index contributed by atoms with van der Waals surface area (Å²) < 4.78 is 5.13. The topological polar surface area (TPSA) is 33.5 Å². The lowest BCUT2D eigenvalue weighted by Gasteiger charge is -2.16. The van der Waals surface area contributed by atoms with Gasteiger partial charge in [0, 0.05) is 24.5 Å². The van der Waals surface area contributed by atoms with Crippen LogP contribution in [0.3, 0.4) is 0 Å². The maximum Gasteiger partial charge on any atom is 0.289 e. The molecule has 1 atom stereocenters. The number of furan rings is 1. The van der Waals surface area contributed by atoms with E-state index in [2.05, 4.69) is 0 Å². The largest absolute Gasteiger partial charge is 0.459 e. The van der Waals surface area contributed by atoms with Crippen LogP contribution in [0.25, 0.3) is 0 Å². The van der Waals surface area contributed by atoms with Gasteiger partial charge in [-0.05, 0) is 26.3 Å². The third kappa shape index (κ3) is 3.27. The summed E-state index contributed by atoms with van der Waals surface area (Å²) in [5.41, 5.74) is 0.866.